The maximum Gasteiger partial charge on any atom is 0.251 e. The standard InChI is InChI=1S/C19H18Cl3N3O4S/c20-14-3-1-2-13(10-14)19(27)23-12-18(26)24-6-8-25(9-7-24)30(28,29)17-11-15(21)4-5-16(17)22/h1-5,10-11H,6-9,12H2,(H,23,27). The Bertz CT molecular complexity index is 1070. The van der Waals surface area contributed by atoms with Gasteiger partial charge in [0.15, 0.2) is 0 Å². The molecule has 11 heteroatoms. The van der Waals surface area contributed by atoms with Crippen molar-refractivity contribution in [1.29, 1.82) is 0 Å². The van der Waals surface area contributed by atoms with Crippen LogP contribution in [0.4, 0.5) is 0 Å². The molecule has 7 nitrogen and oxygen atoms in total. The molecule has 1 aliphatic heterocycles. The molecule has 30 heavy (non-hydrogen) atoms. The van der Waals surface area contributed by atoms with Gasteiger partial charge in [-0.2, -0.15) is 4.31 Å². The molecule has 1 fully saturated rings. The predicted octanol–water partition coefficient (Wildman–Crippen LogP) is 2.91. The van der Waals surface area contributed by atoms with Gasteiger partial charge in [-0.1, -0.05) is 40.9 Å². The van der Waals surface area contributed by atoms with E-state index in [-0.39, 0.29) is 53.6 Å². The summed E-state index contributed by atoms with van der Waals surface area (Å²) in [5.74, 6) is -0.717. The number of nitrogens with zero attached hydrogens (tertiary/aromatic N) is 2. The molecule has 0 aromatic heterocycles. The second kappa shape index (κ2) is 9.53. The van der Waals surface area contributed by atoms with Crippen molar-refractivity contribution in [3.63, 3.8) is 0 Å². The van der Waals surface area contributed by atoms with E-state index in [1.807, 2.05) is 0 Å². The Morgan fingerprint density at radius 2 is 1.60 bits per heavy atom. The van der Waals surface area contributed by atoms with Gasteiger partial charge in [0, 0.05) is 41.8 Å². The molecular weight excluding hydrogens is 473 g/mol. The van der Waals surface area contributed by atoms with E-state index in [0.29, 0.717) is 10.6 Å². The van der Waals surface area contributed by atoms with Gasteiger partial charge in [-0.25, -0.2) is 8.42 Å². The zero-order valence-electron chi connectivity index (χ0n) is 15.6. The van der Waals surface area contributed by atoms with Crippen molar-refractivity contribution >= 4 is 56.6 Å². The largest absolute Gasteiger partial charge is 0.343 e. The van der Waals surface area contributed by atoms with Gasteiger partial charge in [-0.15, -0.1) is 0 Å². The highest BCUT2D eigenvalue weighted by atomic mass is 35.5. The highest BCUT2D eigenvalue weighted by Crippen LogP contribution is 2.28. The molecule has 1 heterocycles. The molecule has 0 atom stereocenters. The smallest absolute Gasteiger partial charge is 0.251 e. The van der Waals surface area contributed by atoms with Crippen LogP contribution in [0.1, 0.15) is 10.4 Å². The molecule has 160 valence electrons. The zero-order chi connectivity index (χ0) is 21.9. The average molecular weight is 491 g/mol. The molecule has 0 saturated carbocycles. The van der Waals surface area contributed by atoms with Crippen LogP contribution in [0.2, 0.25) is 15.1 Å². The minimum atomic E-state index is -3.83. The first-order valence-corrected chi connectivity index (χ1v) is 11.5. The van der Waals surface area contributed by atoms with E-state index in [9.17, 15) is 18.0 Å². The Labute approximate surface area is 189 Å². The minimum Gasteiger partial charge on any atom is -0.343 e. The maximum absolute atomic E-state index is 12.8. The molecular formula is C19H18Cl3N3O4S. The van der Waals surface area contributed by atoms with Crippen LogP contribution in [0.25, 0.3) is 0 Å². The van der Waals surface area contributed by atoms with Crippen LogP contribution in [0.3, 0.4) is 0 Å². The van der Waals surface area contributed by atoms with Crippen LogP contribution in [-0.2, 0) is 14.8 Å². The zero-order valence-corrected chi connectivity index (χ0v) is 18.7. The van der Waals surface area contributed by atoms with Crippen molar-refractivity contribution in [3.05, 3.63) is 63.1 Å². The molecule has 2 aromatic rings. The van der Waals surface area contributed by atoms with E-state index in [1.54, 1.807) is 18.2 Å². The molecule has 2 amide bonds. The average Bonchev–Trinajstić information content (AvgIpc) is 2.73. The molecule has 1 saturated heterocycles. The Morgan fingerprint density at radius 3 is 2.27 bits per heavy atom. The minimum absolute atomic E-state index is 0.0646. The van der Waals surface area contributed by atoms with E-state index in [0.717, 1.165) is 0 Å². The summed E-state index contributed by atoms with van der Waals surface area (Å²) < 4.78 is 27.0. The number of nitrogens with one attached hydrogen (secondary N) is 1. The van der Waals surface area contributed by atoms with Crippen LogP contribution in [0, 0.1) is 0 Å². The third kappa shape index (κ3) is 5.25. The van der Waals surface area contributed by atoms with E-state index >= 15 is 0 Å². The first kappa shape index (κ1) is 22.8. The molecule has 2 aromatic carbocycles. The lowest BCUT2D eigenvalue weighted by Gasteiger charge is -2.34. The number of piperazine rings is 1. The molecule has 0 bridgehead atoms. The molecule has 1 aliphatic rings. The molecule has 0 spiro atoms. The Kier molecular flexibility index (Phi) is 7.26. The van der Waals surface area contributed by atoms with E-state index < -0.39 is 15.9 Å². The summed E-state index contributed by atoms with van der Waals surface area (Å²) >= 11 is 17.8. The molecule has 0 radical (unpaired) electrons. The van der Waals surface area contributed by atoms with Crippen LogP contribution in [-0.4, -0.2) is 62.2 Å². The summed E-state index contributed by atoms with van der Waals surface area (Å²) in [5.41, 5.74) is 0.351. The van der Waals surface area contributed by atoms with Gasteiger partial charge < -0.3 is 10.2 Å². The van der Waals surface area contributed by atoms with Gasteiger partial charge in [-0.3, -0.25) is 9.59 Å². The van der Waals surface area contributed by atoms with E-state index in [1.165, 1.54) is 33.5 Å². The van der Waals surface area contributed by atoms with Crippen LogP contribution < -0.4 is 5.32 Å². The molecule has 0 unspecified atom stereocenters. The first-order valence-electron chi connectivity index (χ1n) is 8.95. The number of benzene rings is 2. The fourth-order valence-corrected chi connectivity index (χ4v) is 5.34. The number of hydrogen-bond donors (Lipinski definition) is 1. The number of hydrogen-bond acceptors (Lipinski definition) is 4. The quantitative estimate of drug-likeness (QED) is 0.698. The van der Waals surface area contributed by atoms with Crippen molar-refractivity contribution in [2.45, 2.75) is 4.90 Å². The van der Waals surface area contributed by atoms with Gasteiger partial charge >= 0.3 is 0 Å². The first-order chi connectivity index (χ1) is 14.2. The van der Waals surface area contributed by atoms with Crippen molar-refractivity contribution < 1.29 is 18.0 Å². The number of carbonyl (C=O) groups excluding carboxylic acids is 2. The van der Waals surface area contributed by atoms with Gasteiger partial charge in [0.25, 0.3) is 5.91 Å². The summed E-state index contributed by atoms with van der Waals surface area (Å²) in [6, 6.07) is 10.6. The molecule has 1 N–H and O–H groups in total. The Morgan fingerprint density at radius 1 is 0.933 bits per heavy atom. The summed E-state index contributed by atoms with van der Waals surface area (Å²) in [4.78, 5) is 26.0. The summed E-state index contributed by atoms with van der Waals surface area (Å²) in [6.07, 6.45) is 0. The number of amides is 2. The summed E-state index contributed by atoms with van der Waals surface area (Å²) in [5, 5.41) is 3.32. The predicted molar refractivity (Wildman–Crippen MR) is 116 cm³/mol. The fraction of sp³-hybridized carbons (Fsp3) is 0.263. The third-order valence-electron chi connectivity index (χ3n) is 4.59. The lowest BCUT2D eigenvalue weighted by molar-refractivity contribution is -0.131. The van der Waals surface area contributed by atoms with Crippen molar-refractivity contribution in [1.82, 2.24) is 14.5 Å². The van der Waals surface area contributed by atoms with E-state index in [4.69, 9.17) is 34.8 Å². The monoisotopic (exact) mass is 489 g/mol. The number of sulfonamides is 1. The second-order valence-electron chi connectivity index (χ2n) is 6.55. The van der Waals surface area contributed by atoms with E-state index in [2.05, 4.69) is 5.32 Å². The van der Waals surface area contributed by atoms with Crippen LogP contribution >= 0.6 is 34.8 Å². The maximum atomic E-state index is 12.8. The lowest BCUT2D eigenvalue weighted by Crippen LogP contribution is -2.52. The Hall–Kier alpha value is -1.84. The van der Waals surface area contributed by atoms with Crippen LogP contribution in [0.15, 0.2) is 47.4 Å². The number of carbonyl (C=O) groups is 2. The number of halogens is 3. The van der Waals surface area contributed by atoms with Gasteiger partial charge in [-0.05, 0) is 36.4 Å². The van der Waals surface area contributed by atoms with Gasteiger partial charge in [0.2, 0.25) is 15.9 Å². The SMILES string of the molecule is O=C(NCC(=O)N1CCN(S(=O)(=O)c2cc(Cl)ccc2Cl)CC1)c1cccc(Cl)c1. The lowest BCUT2D eigenvalue weighted by atomic mass is 10.2. The number of rotatable bonds is 5. The highest BCUT2D eigenvalue weighted by Gasteiger charge is 2.31. The van der Waals surface area contributed by atoms with Crippen molar-refractivity contribution in [2.75, 3.05) is 32.7 Å². The van der Waals surface area contributed by atoms with Crippen molar-refractivity contribution in [3.8, 4) is 0 Å². The Balaban J connectivity index is 1.56. The molecule has 3 rings (SSSR count). The topological polar surface area (TPSA) is 86.8 Å². The summed E-state index contributed by atoms with van der Waals surface area (Å²) in [6.45, 7) is 0.420. The van der Waals surface area contributed by atoms with Crippen molar-refractivity contribution in [2.24, 2.45) is 0 Å². The fourth-order valence-electron chi connectivity index (χ4n) is 2.99. The van der Waals surface area contributed by atoms with Crippen LogP contribution in [0.5, 0.6) is 0 Å². The third-order valence-corrected chi connectivity index (χ3v) is 7.44. The summed E-state index contributed by atoms with van der Waals surface area (Å²) in [7, 11) is -3.83. The van der Waals surface area contributed by atoms with Gasteiger partial charge in [0.05, 0.1) is 11.6 Å². The normalized spacial score (nSPS) is 15.1. The van der Waals surface area contributed by atoms with Gasteiger partial charge in [0.1, 0.15) is 4.90 Å². The second-order valence-corrected chi connectivity index (χ2v) is 9.74. The molecule has 0 aliphatic carbocycles. The highest BCUT2D eigenvalue weighted by molar-refractivity contribution is 7.89.